The lowest BCUT2D eigenvalue weighted by molar-refractivity contribution is -0.274. The second-order valence-electron chi connectivity index (χ2n) is 6.76. The Morgan fingerprint density at radius 1 is 1.17 bits per heavy atom. The molecule has 2 aromatic carbocycles. The molecule has 0 aliphatic carbocycles. The van der Waals surface area contributed by atoms with Gasteiger partial charge in [0.15, 0.2) is 5.96 Å². The molecule has 3 rings (SSSR count). The minimum absolute atomic E-state index is 0. The average molecular weight is 520 g/mol. The lowest BCUT2D eigenvalue weighted by atomic mass is 9.99. The topological polar surface area (TPSA) is 62.9 Å². The van der Waals surface area contributed by atoms with Crippen LogP contribution in [0.3, 0.4) is 0 Å². The van der Waals surface area contributed by atoms with E-state index in [4.69, 9.17) is 5.73 Å². The normalized spacial score (nSPS) is 15.8. The molecule has 1 heterocycles. The van der Waals surface area contributed by atoms with Crippen LogP contribution >= 0.6 is 24.0 Å². The van der Waals surface area contributed by atoms with Crippen molar-refractivity contribution in [3.8, 4) is 5.75 Å². The van der Waals surface area contributed by atoms with E-state index in [-0.39, 0.29) is 41.7 Å². The summed E-state index contributed by atoms with van der Waals surface area (Å²) in [5.74, 6) is -0.0682. The molecule has 3 N–H and O–H groups in total. The summed E-state index contributed by atoms with van der Waals surface area (Å²) in [7, 11) is 0. The smallest absolute Gasteiger partial charge is 0.406 e. The highest BCUT2D eigenvalue weighted by molar-refractivity contribution is 14.0. The zero-order valence-electron chi connectivity index (χ0n) is 15.9. The molecule has 0 saturated heterocycles. The summed E-state index contributed by atoms with van der Waals surface area (Å²) in [4.78, 5) is 6.73. The van der Waals surface area contributed by atoms with E-state index in [1.807, 2.05) is 0 Å². The van der Waals surface area contributed by atoms with E-state index >= 15 is 0 Å². The van der Waals surface area contributed by atoms with Crippen molar-refractivity contribution in [2.75, 3.05) is 18.4 Å². The summed E-state index contributed by atoms with van der Waals surface area (Å²) in [6, 6.07) is 14.0. The fourth-order valence-electron chi connectivity index (χ4n) is 3.17. The van der Waals surface area contributed by atoms with Crippen molar-refractivity contribution in [2.24, 2.45) is 10.7 Å². The molecule has 1 aliphatic rings. The van der Waals surface area contributed by atoms with Gasteiger partial charge in [0.2, 0.25) is 0 Å². The molecule has 9 heteroatoms. The molecule has 0 saturated carbocycles. The van der Waals surface area contributed by atoms with Crippen LogP contribution in [0.25, 0.3) is 0 Å². The quantitative estimate of drug-likeness (QED) is 0.349. The molecule has 1 atom stereocenters. The van der Waals surface area contributed by atoms with Gasteiger partial charge >= 0.3 is 6.36 Å². The lowest BCUT2D eigenvalue weighted by Crippen LogP contribution is -2.39. The maximum Gasteiger partial charge on any atom is 0.573 e. The number of guanidine groups is 1. The molecule has 1 aliphatic heterocycles. The second-order valence-corrected chi connectivity index (χ2v) is 6.76. The van der Waals surface area contributed by atoms with Crippen molar-refractivity contribution in [3.63, 3.8) is 0 Å². The Labute approximate surface area is 185 Å². The van der Waals surface area contributed by atoms with Crippen molar-refractivity contribution in [3.05, 3.63) is 59.7 Å². The fourth-order valence-corrected chi connectivity index (χ4v) is 3.17. The predicted molar refractivity (Wildman–Crippen MR) is 119 cm³/mol. The first-order valence-electron chi connectivity index (χ1n) is 9.04. The SMILES string of the molecule is CC(CN=C(N)Nc1ccc(OC(F)(F)F)cc1)N1CCc2ccccc2C1.I. The molecule has 0 aromatic heterocycles. The molecule has 0 radical (unpaired) electrons. The summed E-state index contributed by atoms with van der Waals surface area (Å²) >= 11 is 0. The summed E-state index contributed by atoms with van der Waals surface area (Å²) in [5.41, 5.74) is 9.19. The summed E-state index contributed by atoms with van der Waals surface area (Å²) in [6.07, 6.45) is -3.69. The Morgan fingerprint density at radius 2 is 1.83 bits per heavy atom. The summed E-state index contributed by atoms with van der Waals surface area (Å²) < 4.78 is 40.4. The van der Waals surface area contributed by atoms with Gasteiger partial charge in [-0.2, -0.15) is 0 Å². The number of ether oxygens (including phenoxy) is 1. The van der Waals surface area contributed by atoms with Crippen molar-refractivity contribution in [2.45, 2.75) is 32.3 Å². The highest BCUT2D eigenvalue weighted by atomic mass is 127. The maximum atomic E-state index is 12.2. The Hall–Kier alpha value is -2.01. The number of hydrogen-bond donors (Lipinski definition) is 2. The number of hydrogen-bond acceptors (Lipinski definition) is 3. The number of nitrogens with zero attached hydrogens (tertiary/aromatic N) is 2. The van der Waals surface area contributed by atoms with Crippen LogP contribution in [-0.2, 0) is 13.0 Å². The number of nitrogens with one attached hydrogen (secondary N) is 1. The Bertz CT molecular complexity index is 827. The number of fused-ring (bicyclic) bond motifs is 1. The van der Waals surface area contributed by atoms with E-state index in [2.05, 4.69) is 51.1 Å². The first kappa shape index (κ1) is 23.3. The molecule has 2 aromatic rings. The number of alkyl halides is 3. The van der Waals surface area contributed by atoms with E-state index in [0.717, 1.165) is 19.5 Å². The van der Waals surface area contributed by atoms with Crippen LogP contribution in [0.5, 0.6) is 5.75 Å². The van der Waals surface area contributed by atoms with Crippen LogP contribution in [0, 0.1) is 0 Å². The minimum Gasteiger partial charge on any atom is -0.406 e. The Balaban J connectivity index is 0.00000300. The zero-order chi connectivity index (χ0) is 20.1. The van der Waals surface area contributed by atoms with E-state index in [0.29, 0.717) is 12.2 Å². The average Bonchev–Trinajstić information content (AvgIpc) is 2.66. The van der Waals surface area contributed by atoms with Gasteiger partial charge in [-0.15, -0.1) is 37.1 Å². The number of halogens is 4. The molecule has 0 fully saturated rings. The summed E-state index contributed by atoms with van der Waals surface area (Å²) in [5, 5.41) is 2.88. The van der Waals surface area contributed by atoms with Crippen LogP contribution in [0.2, 0.25) is 0 Å². The van der Waals surface area contributed by atoms with E-state index < -0.39 is 6.36 Å². The van der Waals surface area contributed by atoms with Crippen LogP contribution in [0.15, 0.2) is 53.5 Å². The summed E-state index contributed by atoms with van der Waals surface area (Å²) in [6.45, 7) is 4.49. The first-order chi connectivity index (χ1) is 13.3. The van der Waals surface area contributed by atoms with Gasteiger partial charge in [0.25, 0.3) is 0 Å². The first-order valence-corrected chi connectivity index (χ1v) is 9.04. The van der Waals surface area contributed by atoms with Gasteiger partial charge in [0.1, 0.15) is 5.75 Å². The standard InChI is InChI=1S/C20H23F3N4O.HI/c1-14(27-11-10-15-4-2-3-5-16(15)13-27)12-25-19(24)26-17-6-8-18(9-7-17)28-20(21,22)23;/h2-9,14H,10-13H2,1H3,(H3,24,25,26);1H. The monoisotopic (exact) mass is 520 g/mol. The van der Waals surface area contributed by atoms with Crippen molar-refractivity contribution >= 4 is 35.6 Å². The van der Waals surface area contributed by atoms with Gasteiger partial charge < -0.3 is 15.8 Å². The number of rotatable bonds is 5. The lowest BCUT2D eigenvalue weighted by Gasteiger charge is -2.33. The minimum atomic E-state index is -4.71. The third-order valence-electron chi connectivity index (χ3n) is 4.67. The van der Waals surface area contributed by atoms with Gasteiger partial charge in [-0.1, -0.05) is 24.3 Å². The molecular formula is C20H24F3IN4O. The third kappa shape index (κ3) is 7.07. The van der Waals surface area contributed by atoms with Crippen LogP contribution < -0.4 is 15.8 Å². The highest BCUT2D eigenvalue weighted by Gasteiger charge is 2.30. The van der Waals surface area contributed by atoms with Gasteiger partial charge in [-0.25, -0.2) is 0 Å². The molecule has 0 bridgehead atoms. The maximum absolute atomic E-state index is 12.2. The van der Waals surface area contributed by atoms with Crippen LogP contribution in [0.4, 0.5) is 18.9 Å². The fraction of sp³-hybridized carbons (Fsp3) is 0.350. The number of aliphatic imine (C=N–C) groups is 1. The van der Waals surface area contributed by atoms with E-state index in [9.17, 15) is 13.2 Å². The van der Waals surface area contributed by atoms with E-state index in [1.165, 1.54) is 35.4 Å². The zero-order valence-corrected chi connectivity index (χ0v) is 18.3. The van der Waals surface area contributed by atoms with E-state index in [1.54, 1.807) is 0 Å². The highest BCUT2D eigenvalue weighted by Crippen LogP contribution is 2.24. The van der Waals surface area contributed by atoms with Crippen LogP contribution in [0.1, 0.15) is 18.1 Å². The predicted octanol–water partition coefficient (Wildman–Crippen LogP) is 4.38. The molecular weight excluding hydrogens is 496 g/mol. The van der Waals surface area contributed by atoms with Gasteiger partial charge in [-0.3, -0.25) is 9.89 Å². The number of benzene rings is 2. The van der Waals surface area contributed by atoms with Crippen molar-refractivity contribution in [1.82, 2.24) is 4.90 Å². The van der Waals surface area contributed by atoms with Crippen molar-refractivity contribution < 1.29 is 17.9 Å². The third-order valence-corrected chi connectivity index (χ3v) is 4.67. The van der Waals surface area contributed by atoms with Gasteiger partial charge in [-0.05, 0) is 48.7 Å². The Kier molecular flexibility index (Phi) is 8.14. The molecule has 29 heavy (non-hydrogen) atoms. The number of nitrogens with two attached hydrogens (primary N) is 1. The second kappa shape index (κ2) is 10.1. The van der Waals surface area contributed by atoms with Crippen molar-refractivity contribution in [1.29, 1.82) is 0 Å². The molecule has 1 unspecified atom stereocenters. The molecule has 5 nitrogen and oxygen atoms in total. The van der Waals surface area contributed by atoms with Gasteiger partial charge in [0, 0.05) is 24.8 Å². The largest absolute Gasteiger partial charge is 0.573 e. The molecule has 0 amide bonds. The van der Waals surface area contributed by atoms with Gasteiger partial charge in [0.05, 0.1) is 6.54 Å². The molecule has 158 valence electrons. The Morgan fingerprint density at radius 3 is 2.48 bits per heavy atom. The molecule has 0 spiro atoms. The van der Waals surface area contributed by atoms with Crippen LogP contribution in [-0.4, -0.2) is 36.4 Å². The number of anilines is 1.